The van der Waals surface area contributed by atoms with Crippen molar-refractivity contribution in [2.75, 3.05) is 7.11 Å². The molecule has 2 rings (SSSR count). The number of pyridine rings is 1. The predicted octanol–water partition coefficient (Wildman–Crippen LogP) is 0.746. The maximum absolute atomic E-state index is 11.7. The molecule has 1 atom stereocenters. The van der Waals surface area contributed by atoms with E-state index in [1.807, 2.05) is 12.1 Å². The Balaban J connectivity index is 2.12. The molecule has 2 heterocycles. The first-order valence-electron chi connectivity index (χ1n) is 5.48. The fourth-order valence-corrected chi connectivity index (χ4v) is 2.00. The van der Waals surface area contributed by atoms with E-state index in [9.17, 15) is 9.59 Å². The average molecular weight is 234 g/mol. The van der Waals surface area contributed by atoms with E-state index in [1.165, 1.54) is 7.11 Å². The summed E-state index contributed by atoms with van der Waals surface area (Å²) in [5, 5.41) is 0. The summed E-state index contributed by atoms with van der Waals surface area (Å²) in [6.07, 6.45) is 4.30. The number of amides is 1. The highest BCUT2D eigenvalue weighted by Gasteiger charge is 2.36. The van der Waals surface area contributed by atoms with Gasteiger partial charge in [0, 0.05) is 25.4 Å². The monoisotopic (exact) mass is 234 g/mol. The second kappa shape index (κ2) is 4.95. The van der Waals surface area contributed by atoms with Crippen LogP contribution in [0.2, 0.25) is 0 Å². The second-order valence-corrected chi connectivity index (χ2v) is 3.96. The Kier molecular flexibility index (Phi) is 3.37. The minimum absolute atomic E-state index is 0.00995. The van der Waals surface area contributed by atoms with Crippen molar-refractivity contribution in [2.45, 2.75) is 25.4 Å². The minimum atomic E-state index is -0.451. The quantitative estimate of drug-likeness (QED) is 0.724. The molecule has 0 saturated carbocycles. The third-order valence-electron chi connectivity index (χ3n) is 2.88. The fourth-order valence-electron chi connectivity index (χ4n) is 2.00. The van der Waals surface area contributed by atoms with Crippen LogP contribution in [0.4, 0.5) is 0 Å². The summed E-state index contributed by atoms with van der Waals surface area (Å²) < 4.78 is 4.70. The number of rotatable bonds is 3. The van der Waals surface area contributed by atoms with Crippen LogP contribution in [-0.2, 0) is 20.9 Å². The number of aromatic nitrogens is 1. The molecule has 17 heavy (non-hydrogen) atoms. The van der Waals surface area contributed by atoms with Crippen molar-refractivity contribution < 1.29 is 14.3 Å². The van der Waals surface area contributed by atoms with E-state index >= 15 is 0 Å². The summed E-state index contributed by atoms with van der Waals surface area (Å²) >= 11 is 0. The zero-order valence-electron chi connectivity index (χ0n) is 9.63. The summed E-state index contributed by atoms with van der Waals surface area (Å²) in [7, 11) is 1.34. The lowest BCUT2D eigenvalue weighted by molar-refractivity contribution is -0.149. The number of nitrogens with zero attached hydrogens (tertiary/aromatic N) is 2. The summed E-state index contributed by atoms with van der Waals surface area (Å²) in [5.41, 5.74) is 0.914. The number of hydrogen-bond acceptors (Lipinski definition) is 4. The molecule has 0 radical (unpaired) electrons. The predicted molar refractivity (Wildman–Crippen MR) is 59.8 cm³/mol. The highest BCUT2D eigenvalue weighted by Crippen LogP contribution is 2.22. The Morgan fingerprint density at radius 1 is 1.65 bits per heavy atom. The van der Waals surface area contributed by atoms with Crippen molar-refractivity contribution in [1.82, 2.24) is 9.88 Å². The fraction of sp³-hybridized carbons (Fsp3) is 0.417. The maximum Gasteiger partial charge on any atom is 0.328 e. The van der Waals surface area contributed by atoms with Gasteiger partial charge in [-0.05, 0) is 18.1 Å². The SMILES string of the molecule is COC(=O)C1CCC(=O)N1Cc1cccnc1. The molecule has 1 unspecified atom stereocenters. The van der Waals surface area contributed by atoms with Gasteiger partial charge >= 0.3 is 5.97 Å². The Labute approximate surface area is 99.4 Å². The largest absolute Gasteiger partial charge is 0.467 e. The molecule has 0 N–H and O–H groups in total. The molecule has 5 heteroatoms. The molecule has 90 valence electrons. The number of ether oxygens (including phenoxy) is 1. The van der Waals surface area contributed by atoms with Crippen molar-refractivity contribution in [2.24, 2.45) is 0 Å². The van der Waals surface area contributed by atoms with Crippen LogP contribution < -0.4 is 0 Å². The molecule has 5 nitrogen and oxygen atoms in total. The molecule has 1 aliphatic heterocycles. The molecule has 1 amide bonds. The lowest BCUT2D eigenvalue weighted by Crippen LogP contribution is -2.38. The Bertz CT molecular complexity index is 419. The van der Waals surface area contributed by atoms with Crippen molar-refractivity contribution >= 4 is 11.9 Å². The molecule has 1 fully saturated rings. The van der Waals surface area contributed by atoms with E-state index in [0.717, 1.165) is 5.56 Å². The van der Waals surface area contributed by atoms with Crippen molar-refractivity contribution in [3.8, 4) is 0 Å². The first kappa shape index (κ1) is 11.6. The van der Waals surface area contributed by atoms with Crippen molar-refractivity contribution in [1.29, 1.82) is 0 Å². The average Bonchev–Trinajstić information content (AvgIpc) is 2.72. The van der Waals surface area contributed by atoms with Gasteiger partial charge in [0.05, 0.1) is 7.11 Å². The van der Waals surface area contributed by atoms with Crippen LogP contribution in [0.5, 0.6) is 0 Å². The topological polar surface area (TPSA) is 59.5 Å². The molecule has 0 bridgehead atoms. The molecule has 1 aromatic heterocycles. The van der Waals surface area contributed by atoms with E-state index in [0.29, 0.717) is 19.4 Å². The Morgan fingerprint density at radius 2 is 2.47 bits per heavy atom. The number of hydrogen-bond donors (Lipinski definition) is 0. The summed E-state index contributed by atoms with van der Waals surface area (Å²) in [6, 6.07) is 3.24. The number of carbonyl (C=O) groups is 2. The normalized spacial score (nSPS) is 19.5. The first-order valence-corrected chi connectivity index (χ1v) is 5.48. The Morgan fingerprint density at radius 3 is 3.12 bits per heavy atom. The van der Waals surface area contributed by atoms with Crippen molar-refractivity contribution in [3.63, 3.8) is 0 Å². The molecule has 1 aliphatic rings. The van der Waals surface area contributed by atoms with Gasteiger partial charge in [-0.2, -0.15) is 0 Å². The molecule has 0 spiro atoms. The van der Waals surface area contributed by atoms with E-state index in [-0.39, 0.29) is 11.9 Å². The number of carbonyl (C=O) groups excluding carboxylic acids is 2. The Hall–Kier alpha value is -1.91. The van der Waals surface area contributed by atoms with Crippen molar-refractivity contribution in [3.05, 3.63) is 30.1 Å². The van der Waals surface area contributed by atoms with Crippen LogP contribution in [0, 0.1) is 0 Å². The summed E-state index contributed by atoms with van der Waals surface area (Å²) in [5.74, 6) is -0.357. The van der Waals surface area contributed by atoms with Gasteiger partial charge < -0.3 is 9.64 Å². The van der Waals surface area contributed by atoms with Gasteiger partial charge in [0.2, 0.25) is 5.91 Å². The minimum Gasteiger partial charge on any atom is -0.467 e. The second-order valence-electron chi connectivity index (χ2n) is 3.96. The zero-order valence-corrected chi connectivity index (χ0v) is 9.63. The highest BCUT2D eigenvalue weighted by atomic mass is 16.5. The van der Waals surface area contributed by atoms with Crippen LogP contribution >= 0.6 is 0 Å². The van der Waals surface area contributed by atoms with Gasteiger partial charge in [-0.25, -0.2) is 4.79 Å². The first-order chi connectivity index (χ1) is 8.22. The van der Waals surface area contributed by atoms with E-state index < -0.39 is 6.04 Å². The third kappa shape index (κ3) is 2.43. The maximum atomic E-state index is 11.7. The van der Waals surface area contributed by atoms with Gasteiger partial charge in [-0.1, -0.05) is 6.07 Å². The standard InChI is InChI=1S/C12H14N2O3/c1-17-12(16)10-4-5-11(15)14(10)8-9-3-2-6-13-7-9/h2-3,6-7,10H,4-5,8H2,1H3. The zero-order chi connectivity index (χ0) is 12.3. The summed E-state index contributed by atoms with van der Waals surface area (Å²) in [4.78, 5) is 28.8. The third-order valence-corrected chi connectivity index (χ3v) is 2.88. The van der Waals surface area contributed by atoms with Crippen LogP contribution in [0.15, 0.2) is 24.5 Å². The lowest BCUT2D eigenvalue weighted by atomic mass is 10.2. The molecular weight excluding hydrogens is 220 g/mol. The van der Waals surface area contributed by atoms with Crippen LogP contribution in [-0.4, -0.2) is 34.9 Å². The molecule has 0 aliphatic carbocycles. The van der Waals surface area contributed by atoms with E-state index in [1.54, 1.807) is 17.3 Å². The van der Waals surface area contributed by atoms with Gasteiger partial charge in [0.25, 0.3) is 0 Å². The smallest absolute Gasteiger partial charge is 0.328 e. The van der Waals surface area contributed by atoms with Gasteiger partial charge in [0.1, 0.15) is 6.04 Å². The van der Waals surface area contributed by atoms with Crippen LogP contribution in [0.1, 0.15) is 18.4 Å². The lowest BCUT2D eigenvalue weighted by Gasteiger charge is -2.22. The number of likely N-dealkylation sites (tertiary alicyclic amines) is 1. The van der Waals surface area contributed by atoms with Gasteiger partial charge in [-0.15, -0.1) is 0 Å². The van der Waals surface area contributed by atoms with Crippen LogP contribution in [0.25, 0.3) is 0 Å². The van der Waals surface area contributed by atoms with Crippen LogP contribution in [0.3, 0.4) is 0 Å². The summed E-state index contributed by atoms with van der Waals surface area (Å²) in [6.45, 7) is 0.409. The van der Waals surface area contributed by atoms with E-state index in [2.05, 4.69) is 4.98 Å². The molecule has 1 aromatic rings. The van der Waals surface area contributed by atoms with Gasteiger partial charge in [0.15, 0.2) is 0 Å². The molecular formula is C12H14N2O3. The number of esters is 1. The number of methoxy groups -OCH3 is 1. The highest BCUT2D eigenvalue weighted by molar-refractivity contribution is 5.88. The van der Waals surface area contributed by atoms with E-state index in [4.69, 9.17) is 4.74 Å². The molecule has 1 saturated heterocycles. The van der Waals surface area contributed by atoms with Gasteiger partial charge in [-0.3, -0.25) is 9.78 Å². The molecule has 0 aromatic carbocycles.